The van der Waals surface area contributed by atoms with Gasteiger partial charge in [0.15, 0.2) is 0 Å². The van der Waals surface area contributed by atoms with Crippen LogP contribution in [0.15, 0.2) is 76.4 Å². The number of nitrogens with one attached hydrogen (secondary N) is 1. The summed E-state index contributed by atoms with van der Waals surface area (Å²) < 4.78 is 35.5. The molecule has 0 spiro atoms. The molecule has 34 heavy (non-hydrogen) atoms. The van der Waals surface area contributed by atoms with Gasteiger partial charge in [-0.15, -0.1) is 0 Å². The van der Waals surface area contributed by atoms with Crippen LogP contribution in [0.2, 0.25) is 0 Å². The van der Waals surface area contributed by atoms with E-state index in [0.717, 1.165) is 6.42 Å². The fraction of sp³-hybridized carbons (Fsp3) is 0.280. The number of rotatable bonds is 5. The number of hydrogen-bond donors (Lipinski definition) is 1. The summed E-state index contributed by atoms with van der Waals surface area (Å²) >= 11 is 0. The van der Waals surface area contributed by atoms with Crippen LogP contribution in [0, 0.1) is 5.92 Å². The number of amides is 1. The summed E-state index contributed by atoms with van der Waals surface area (Å²) in [5.74, 6) is 0.551. The Balaban J connectivity index is 1.46. The van der Waals surface area contributed by atoms with Gasteiger partial charge in [0.1, 0.15) is 5.75 Å². The zero-order chi connectivity index (χ0) is 23.9. The van der Waals surface area contributed by atoms with E-state index in [9.17, 15) is 18.0 Å². The quantitative estimate of drug-likeness (QED) is 0.607. The Morgan fingerprint density at radius 3 is 2.41 bits per heavy atom. The number of hydrogen-bond acceptors (Lipinski definition) is 5. The standard InChI is InChI=1S/C25H25N3O5S/c1-33-20-9-7-18(8-10-20)25(30)27-14-17-13-19(16-27)24-22(11-12-23(29)28(24)15-17)26-34(31,32)21-5-3-2-4-6-21/h2-12,17,19,26H,13-16H2,1H3. The highest BCUT2D eigenvalue weighted by Crippen LogP contribution is 2.39. The number of methoxy groups -OCH3 is 1. The van der Waals surface area contributed by atoms with E-state index >= 15 is 0 Å². The first-order chi connectivity index (χ1) is 16.4. The maximum atomic E-state index is 13.2. The van der Waals surface area contributed by atoms with Crippen molar-refractivity contribution in [2.75, 3.05) is 24.9 Å². The first-order valence-corrected chi connectivity index (χ1v) is 12.6. The molecular formula is C25H25N3O5S. The van der Waals surface area contributed by atoms with Crippen molar-refractivity contribution in [2.45, 2.75) is 23.8 Å². The highest BCUT2D eigenvalue weighted by Gasteiger charge is 2.38. The molecule has 176 valence electrons. The Morgan fingerprint density at radius 1 is 0.971 bits per heavy atom. The van der Waals surface area contributed by atoms with E-state index in [2.05, 4.69) is 4.72 Å². The molecule has 2 aromatic carbocycles. The largest absolute Gasteiger partial charge is 0.497 e. The number of anilines is 1. The third-order valence-corrected chi connectivity index (χ3v) is 7.89. The van der Waals surface area contributed by atoms with Crippen molar-refractivity contribution in [2.24, 2.45) is 5.92 Å². The highest BCUT2D eigenvalue weighted by atomic mass is 32.2. The van der Waals surface area contributed by atoms with E-state index in [1.54, 1.807) is 59.0 Å². The third kappa shape index (κ3) is 4.07. The average molecular weight is 480 g/mol. The number of likely N-dealkylation sites (tertiary alicyclic amines) is 1. The summed E-state index contributed by atoms with van der Waals surface area (Å²) in [5, 5.41) is 0. The second-order valence-corrected chi connectivity index (χ2v) is 10.4. The minimum Gasteiger partial charge on any atom is -0.497 e. The Hall–Kier alpha value is -3.59. The maximum Gasteiger partial charge on any atom is 0.261 e. The second kappa shape index (κ2) is 8.64. The van der Waals surface area contributed by atoms with Crippen LogP contribution in [0.1, 0.15) is 28.4 Å². The van der Waals surface area contributed by atoms with Gasteiger partial charge in [-0.3, -0.25) is 14.3 Å². The molecule has 1 saturated heterocycles. The van der Waals surface area contributed by atoms with Gasteiger partial charge in [-0.25, -0.2) is 8.42 Å². The number of pyridine rings is 1. The SMILES string of the molecule is COc1ccc(C(=O)N2CC3CC(C2)c2c(NS(=O)(=O)c4ccccc4)ccc(=O)n2C3)cc1. The van der Waals surface area contributed by atoms with Crippen LogP contribution in [-0.2, 0) is 16.6 Å². The Labute approximate surface area is 197 Å². The normalized spacial score (nSPS) is 19.3. The molecule has 0 radical (unpaired) electrons. The number of ether oxygens (including phenoxy) is 1. The topological polar surface area (TPSA) is 97.7 Å². The van der Waals surface area contributed by atoms with Crippen molar-refractivity contribution >= 4 is 21.6 Å². The molecule has 0 saturated carbocycles. The number of piperidine rings is 1. The Bertz CT molecular complexity index is 1380. The molecule has 5 rings (SSSR count). The zero-order valence-corrected chi connectivity index (χ0v) is 19.5. The van der Waals surface area contributed by atoms with E-state index in [4.69, 9.17) is 4.74 Å². The number of aromatic nitrogens is 1. The first-order valence-electron chi connectivity index (χ1n) is 11.1. The van der Waals surface area contributed by atoms with E-state index in [0.29, 0.717) is 42.3 Å². The highest BCUT2D eigenvalue weighted by molar-refractivity contribution is 7.92. The van der Waals surface area contributed by atoms with Gasteiger partial charge in [0.25, 0.3) is 21.5 Å². The third-order valence-electron chi connectivity index (χ3n) is 6.51. The van der Waals surface area contributed by atoms with Crippen molar-refractivity contribution in [3.8, 4) is 5.75 Å². The number of carbonyl (C=O) groups is 1. The van der Waals surface area contributed by atoms with Gasteiger partial charge < -0.3 is 14.2 Å². The van der Waals surface area contributed by atoms with Crippen LogP contribution in [-0.4, -0.2) is 44.0 Å². The monoisotopic (exact) mass is 479 g/mol. The molecule has 1 fully saturated rings. The fourth-order valence-corrected chi connectivity index (χ4v) is 6.08. The summed E-state index contributed by atoms with van der Waals surface area (Å²) in [5.41, 5.74) is 1.42. The number of nitrogens with zero attached hydrogens (tertiary/aromatic N) is 2. The molecule has 1 N–H and O–H groups in total. The van der Waals surface area contributed by atoms with Gasteiger partial charge in [0.05, 0.1) is 23.4 Å². The van der Waals surface area contributed by atoms with E-state index in [1.807, 2.05) is 0 Å². The predicted octanol–water partition coefficient (Wildman–Crippen LogP) is 2.92. The lowest BCUT2D eigenvalue weighted by molar-refractivity contribution is 0.0595. The number of sulfonamides is 1. The molecule has 2 unspecified atom stereocenters. The van der Waals surface area contributed by atoms with Crippen LogP contribution in [0.4, 0.5) is 5.69 Å². The molecule has 1 amide bonds. The molecule has 3 heterocycles. The minimum absolute atomic E-state index is 0.0875. The van der Waals surface area contributed by atoms with E-state index in [1.165, 1.54) is 24.3 Å². The maximum absolute atomic E-state index is 13.2. The van der Waals surface area contributed by atoms with Crippen molar-refractivity contribution in [3.63, 3.8) is 0 Å². The summed E-state index contributed by atoms with van der Waals surface area (Å²) in [4.78, 5) is 27.8. The lowest BCUT2D eigenvalue weighted by Gasteiger charge is -2.43. The number of fused-ring (bicyclic) bond motifs is 4. The fourth-order valence-electron chi connectivity index (χ4n) is 4.99. The summed E-state index contributed by atoms with van der Waals surface area (Å²) in [6.07, 6.45) is 0.788. The molecule has 2 aliphatic heterocycles. The van der Waals surface area contributed by atoms with Crippen LogP contribution in [0.25, 0.3) is 0 Å². The molecule has 2 bridgehead atoms. The van der Waals surface area contributed by atoms with Crippen molar-refractivity contribution in [3.05, 3.63) is 88.3 Å². The zero-order valence-electron chi connectivity index (χ0n) is 18.7. The Kier molecular flexibility index (Phi) is 5.65. The molecule has 9 heteroatoms. The molecular weight excluding hydrogens is 454 g/mol. The average Bonchev–Trinajstić information content (AvgIpc) is 2.85. The second-order valence-electron chi connectivity index (χ2n) is 8.74. The summed E-state index contributed by atoms with van der Waals surface area (Å²) in [7, 11) is -2.25. The van der Waals surface area contributed by atoms with Crippen LogP contribution in [0.5, 0.6) is 5.75 Å². The molecule has 1 aromatic heterocycles. The lowest BCUT2D eigenvalue weighted by atomic mass is 9.82. The molecule has 2 atom stereocenters. The predicted molar refractivity (Wildman–Crippen MR) is 128 cm³/mol. The smallest absolute Gasteiger partial charge is 0.261 e. The number of benzene rings is 2. The van der Waals surface area contributed by atoms with Gasteiger partial charge in [0.2, 0.25) is 0 Å². The van der Waals surface area contributed by atoms with E-state index in [-0.39, 0.29) is 28.2 Å². The van der Waals surface area contributed by atoms with Gasteiger partial charge >= 0.3 is 0 Å². The first kappa shape index (κ1) is 22.2. The molecule has 0 aliphatic carbocycles. The molecule has 8 nitrogen and oxygen atoms in total. The minimum atomic E-state index is -3.82. The van der Waals surface area contributed by atoms with Crippen LogP contribution < -0.4 is 15.0 Å². The summed E-state index contributed by atoms with van der Waals surface area (Å²) in [6.45, 7) is 1.40. The van der Waals surface area contributed by atoms with Gasteiger partial charge in [-0.05, 0) is 54.8 Å². The van der Waals surface area contributed by atoms with Gasteiger partial charge in [-0.1, -0.05) is 18.2 Å². The van der Waals surface area contributed by atoms with E-state index < -0.39 is 10.0 Å². The Morgan fingerprint density at radius 2 is 1.71 bits per heavy atom. The van der Waals surface area contributed by atoms with Crippen LogP contribution >= 0.6 is 0 Å². The number of carbonyl (C=O) groups excluding carboxylic acids is 1. The van der Waals surface area contributed by atoms with Crippen molar-refractivity contribution < 1.29 is 17.9 Å². The summed E-state index contributed by atoms with van der Waals surface area (Å²) in [6, 6.07) is 18.0. The lowest BCUT2D eigenvalue weighted by Crippen LogP contribution is -2.49. The van der Waals surface area contributed by atoms with Gasteiger partial charge in [-0.2, -0.15) is 0 Å². The van der Waals surface area contributed by atoms with Crippen molar-refractivity contribution in [1.82, 2.24) is 9.47 Å². The molecule has 2 aliphatic rings. The van der Waals surface area contributed by atoms with Crippen molar-refractivity contribution in [1.29, 1.82) is 0 Å². The molecule has 3 aromatic rings. The van der Waals surface area contributed by atoms with Crippen LogP contribution in [0.3, 0.4) is 0 Å². The van der Waals surface area contributed by atoms with Gasteiger partial charge in [0, 0.05) is 37.2 Å².